The molecule has 2 aliphatic rings. The van der Waals surface area contributed by atoms with Crippen LogP contribution in [-0.2, 0) is 11.3 Å². The van der Waals surface area contributed by atoms with Crippen molar-refractivity contribution in [3.8, 4) is 0 Å². The first kappa shape index (κ1) is 28.9. The standard InChI is InChI=1S/C35H44N4O2/c1-37(2)26-33(29-13-5-3-6-14-29)36-34(40)32-18-10-9-17-31(32)28-21-19-27(20-22-28)25-39(30-15-7-4-8-16-30)35(41)38-23-11-12-24-38/h3-8,13-16,19-22,31-33H,9-12,17-18,23-26H2,1-2H3,(H,36,40)/t31-,32+,33?/m1/s1. The number of anilines is 1. The van der Waals surface area contributed by atoms with E-state index >= 15 is 0 Å². The molecule has 1 heterocycles. The van der Waals surface area contributed by atoms with Crippen LogP contribution in [0.15, 0.2) is 84.9 Å². The lowest BCUT2D eigenvalue weighted by Crippen LogP contribution is -2.41. The molecular weight excluding hydrogens is 508 g/mol. The minimum atomic E-state index is -0.0412. The van der Waals surface area contributed by atoms with Crippen molar-refractivity contribution in [2.45, 2.75) is 57.0 Å². The summed E-state index contributed by atoms with van der Waals surface area (Å²) in [6.07, 6.45) is 6.29. The van der Waals surface area contributed by atoms with Gasteiger partial charge in [0.1, 0.15) is 0 Å². The van der Waals surface area contributed by atoms with Gasteiger partial charge in [0, 0.05) is 31.2 Å². The molecule has 41 heavy (non-hydrogen) atoms. The monoisotopic (exact) mass is 552 g/mol. The van der Waals surface area contributed by atoms with Crippen molar-refractivity contribution >= 4 is 17.6 Å². The van der Waals surface area contributed by atoms with Crippen molar-refractivity contribution in [1.29, 1.82) is 0 Å². The highest BCUT2D eigenvalue weighted by Crippen LogP contribution is 2.38. The highest BCUT2D eigenvalue weighted by Gasteiger charge is 2.33. The summed E-state index contributed by atoms with van der Waals surface area (Å²) < 4.78 is 0. The Morgan fingerprint density at radius 2 is 1.46 bits per heavy atom. The molecule has 3 amide bonds. The van der Waals surface area contributed by atoms with Crippen LogP contribution in [0.2, 0.25) is 0 Å². The van der Waals surface area contributed by atoms with Crippen LogP contribution in [0.4, 0.5) is 10.5 Å². The lowest BCUT2D eigenvalue weighted by Gasteiger charge is -2.33. The van der Waals surface area contributed by atoms with Crippen molar-refractivity contribution in [2.24, 2.45) is 5.92 Å². The zero-order chi connectivity index (χ0) is 28.6. The molecule has 2 fully saturated rings. The van der Waals surface area contributed by atoms with E-state index in [2.05, 4.69) is 46.6 Å². The van der Waals surface area contributed by atoms with Gasteiger partial charge in [-0.25, -0.2) is 4.79 Å². The predicted molar refractivity (Wildman–Crippen MR) is 166 cm³/mol. The molecule has 0 radical (unpaired) electrons. The molecule has 3 aromatic carbocycles. The van der Waals surface area contributed by atoms with Crippen LogP contribution in [-0.4, -0.2) is 55.5 Å². The number of benzene rings is 3. The quantitative estimate of drug-likeness (QED) is 0.325. The van der Waals surface area contributed by atoms with Gasteiger partial charge < -0.3 is 15.1 Å². The third kappa shape index (κ3) is 7.36. The zero-order valence-electron chi connectivity index (χ0n) is 24.5. The molecule has 3 atom stereocenters. The summed E-state index contributed by atoms with van der Waals surface area (Å²) in [5, 5.41) is 3.40. The van der Waals surface area contributed by atoms with E-state index < -0.39 is 0 Å². The predicted octanol–water partition coefficient (Wildman–Crippen LogP) is 6.60. The minimum absolute atomic E-state index is 0.0410. The van der Waals surface area contributed by atoms with E-state index in [-0.39, 0.29) is 29.8 Å². The molecule has 3 aromatic rings. The van der Waals surface area contributed by atoms with Crippen molar-refractivity contribution in [1.82, 2.24) is 15.1 Å². The molecule has 1 aliphatic heterocycles. The number of rotatable bonds is 9. The van der Waals surface area contributed by atoms with Gasteiger partial charge in [0.15, 0.2) is 0 Å². The maximum atomic E-state index is 13.7. The molecule has 1 N–H and O–H groups in total. The van der Waals surface area contributed by atoms with E-state index in [9.17, 15) is 9.59 Å². The Kier molecular flexibility index (Phi) is 9.73. The number of hydrogen-bond acceptors (Lipinski definition) is 3. The Morgan fingerprint density at radius 3 is 2.12 bits per heavy atom. The molecule has 0 bridgehead atoms. The molecule has 0 spiro atoms. The Balaban J connectivity index is 1.30. The van der Waals surface area contributed by atoms with E-state index in [4.69, 9.17) is 0 Å². The van der Waals surface area contributed by atoms with Crippen molar-refractivity contribution in [3.63, 3.8) is 0 Å². The first-order valence-corrected chi connectivity index (χ1v) is 15.2. The third-order valence-corrected chi connectivity index (χ3v) is 8.59. The summed E-state index contributed by atoms with van der Waals surface area (Å²) >= 11 is 0. The number of nitrogens with one attached hydrogen (secondary N) is 1. The van der Waals surface area contributed by atoms with Gasteiger partial charge in [-0.05, 0) is 74.5 Å². The lowest BCUT2D eigenvalue weighted by atomic mass is 9.74. The van der Waals surface area contributed by atoms with Gasteiger partial charge in [-0.1, -0.05) is 85.6 Å². The van der Waals surface area contributed by atoms with Crippen molar-refractivity contribution in [2.75, 3.05) is 38.6 Å². The van der Waals surface area contributed by atoms with E-state index in [0.717, 1.165) is 75.0 Å². The normalized spacial score (nSPS) is 19.6. The van der Waals surface area contributed by atoms with Gasteiger partial charge in [-0.3, -0.25) is 9.69 Å². The summed E-state index contributed by atoms with van der Waals surface area (Å²) in [5.74, 6) is 0.312. The molecule has 1 unspecified atom stereocenters. The largest absolute Gasteiger partial charge is 0.348 e. The smallest absolute Gasteiger partial charge is 0.324 e. The molecule has 1 saturated heterocycles. The summed E-state index contributed by atoms with van der Waals surface area (Å²) in [4.78, 5) is 33.2. The van der Waals surface area contributed by atoms with E-state index in [1.165, 1.54) is 5.56 Å². The Morgan fingerprint density at radius 1 is 0.829 bits per heavy atom. The topological polar surface area (TPSA) is 55.9 Å². The molecule has 6 heteroatoms. The summed E-state index contributed by atoms with van der Waals surface area (Å²) in [6, 6.07) is 28.9. The fourth-order valence-corrected chi connectivity index (χ4v) is 6.42. The molecule has 6 nitrogen and oxygen atoms in total. The minimum Gasteiger partial charge on any atom is -0.348 e. The average molecular weight is 553 g/mol. The van der Waals surface area contributed by atoms with E-state index in [1.54, 1.807) is 0 Å². The Bertz CT molecular complexity index is 1260. The van der Waals surface area contributed by atoms with Gasteiger partial charge in [0.05, 0.1) is 12.6 Å². The number of nitrogens with zero attached hydrogens (tertiary/aromatic N) is 3. The number of hydrogen-bond donors (Lipinski definition) is 1. The maximum absolute atomic E-state index is 13.7. The molecule has 1 aliphatic carbocycles. The highest BCUT2D eigenvalue weighted by molar-refractivity contribution is 5.92. The highest BCUT2D eigenvalue weighted by atomic mass is 16.2. The number of likely N-dealkylation sites (tertiary alicyclic amines) is 1. The fraction of sp³-hybridized carbons (Fsp3) is 0.429. The maximum Gasteiger partial charge on any atom is 0.324 e. The van der Waals surface area contributed by atoms with Gasteiger partial charge >= 0.3 is 6.03 Å². The van der Waals surface area contributed by atoms with Gasteiger partial charge in [-0.15, -0.1) is 0 Å². The number of carbonyl (C=O) groups is 2. The zero-order valence-corrected chi connectivity index (χ0v) is 24.5. The summed E-state index contributed by atoms with van der Waals surface area (Å²) in [7, 11) is 4.09. The number of likely N-dealkylation sites (N-methyl/N-ethyl adjacent to an activating group) is 1. The van der Waals surface area contributed by atoms with Crippen LogP contribution in [0, 0.1) is 5.92 Å². The fourth-order valence-electron chi connectivity index (χ4n) is 6.42. The van der Waals surface area contributed by atoms with Gasteiger partial charge in [0.2, 0.25) is 5.91 Å². The van der Waals surface area contributed by atoms with E-state index in [1.807, 2.05) is 72.4 Å². The number of para-hydroxylation sites is 1. The van der Waals surface area contributed by atoms with Crippen LogP contribution in [0.25, 0.3) is 0 Å². The SMILES string of the molecule is CN(C)CC(NC(=O)[C@H]1CCCC[C@@H]1c1ccc(CN(C(=O)N2CCCC2)c2ccccc2)cc1)c1ccccc1. The van der Waals surface area contributed by atoms with Crippen molar-refractivity contribution < 1.29 is 9.59 Å². The van der Waals surface area contributed by atoms with Crippen LogP contribution in [0.5, 0.6) is 0 Å². The third-order valence-electron chi connectivity index (χ3n) is 8.59. The molecule has 0 aromatic heterocycles. The van der Waals surface area contributed by atoms with Crippen LogP contribution >= 0.6 is 0 Å². The first-order valence-electron chi connectivity index (χ1n) is 15.2. The average Bonchev–Trinajstić information content (AvgIpc) is 3.56. The Hall–Kier alpha value is -3.64. The van der Waals surface area contributed by atoms with Crippen LogP contribution in [0.1, 0.15) is 67.2 Å². The lowest BCUT2D eigenvalue weighted by molar-refractivity contribution is -0.127. The Labute approximate surface area is 245 Å². The van der Waals surface area contributed by atoms with Gasteiger partial charge in [-0.2, -0.15) is 0 Å². The number of urea groups is 1. The molecular formula is C35H44N4O2. The van der Waals surface area contributed by atoms with Crippen LogP contribution in [0.3, 0.4) is 0 Å². The number of amides is 3. The second-order valence-corrected chi connectivity index (χ2v) is 11.9. The summed E-state index contributed by atoms with van der Waals surface area (Å²) in [5.41, 5.74) is 4.37. The second-order valence-electron chi connectivity index (χ2n) is 11.9. The summed E-state index contributed by atoms with van der Waals surface area (Å²) in [6.45, 7) is 2.94. The molecule has 5 rings (SSSR count). The molecule has 1 saturated carbocycles. The second kappa shape index (κ2) is 13.8. The van der Waals surface area contributed by atoms with E-state index in [0.29, 0.717) is 6.54 Å². The van der Waals surface area contributed by atoms with Crippen LogP contribution < -0.4 is 10.2 Å². The molecule has 216 valence electrons. The first-order chi connectivity index (χ1) is 20.0. The van der Waals surface area contributed by atoms with Crippen molar-refractivity contribution in [3.05, 3.63) is 102 Å². The number of carbonyl (C=O) groups excluding carboxylic acids is 2. The van der Waals surface area contributed by atoms with Gasteiger partial charge in [0.25, 0.3) is 0 Å².